The summed E-state index contributed by atoms with van der Waals surface area (Å²) in [6.07, 6.45) is 14.0. The Morgan fingerprint density at radius 2 is 0.716 bits per heavy atom. The fourth-order valence-corrected chi connectivity index (χ4v) is 6.05. The molecule has 0 aromatic heterocycles. The van der Waals surface area contributed by atoms with Gasteiger partial charge in [0.05, 0.1) is 18.8 Å². The molecule has 0 spiro atoms. The van der Waals surface area contributed by atoms with E-state index in [4.69, 9.17) is 81.4 Å². The van der Waals surface area contributed by atoms with Crippen LogP contribution in [0, 0.1) is 0 Å². The predicted octanol–water partition coefficient (Wildman–Crippen LogP) is 9.23. The lowest BCUT2D eigenvalue weighted by Crippen LogP contribution is -2.13. The Balaban J connectivity index is 1.57. The summed E-state index contributed by atoms with van der Waals surface area (Å²) in [5, 5.41) is 0.966. The van der Waals surface area contributed by atoms with Crippen molar-refractivity contribution in [3.05, 3.63) is 160 Å². The van der Waals surface area contributed by atoms with Gasteiger partial charge in [-0.1, -0.05) is 62.2 Å². The van der Waals surface area contributed by atoms with E-state index in [1.165, 1.54) is 55.2 Å². The molecule has 0 atom stereocenters. The van der Waals surface area contributed by atoms with Gasteiger partial charge in [-0.25, -0.2) is 38.9 Å². The van der Waals surface area contributed by atoms with Gasteiger partial charge >= 0.3 is 11.9 Å². The lowest BCUT2D eigenvalue weighted by molar-refractivity contribution is -0.289. The van der Waals surface area contributed by atoms with Crippen LogP contribution in [0.15, 0.2) is 149 Å². The summed E-state index contributed by atoms with van der Waals surface area (Å²) in [5.74, 6) is 0.455. The van der Waals surface area contributed by atoms with Crippen LogP contribution in [0.4, 0.5) is 0 Å². The van der Waals surface area contributed by atoms with E-state index in [0.717, 1.165) is 0 Å². The van der Waals surface area contributed by atoms with Crippen molar-refractivity contribution in [2.24, 2.45) is 0 Å². The van der Waals surface area contributed by atoms with Crippen LogP contribution >= 0.6 is 0 Å². The van der Waals surface area contributed by atoms with Crippen LogP contribution in [0.5, 0.6) is 46.0 Å². The summed E-state index contributed by atoms with van der Waals surface area (Å²) < 4.78 is 63.7. The van der Waals surface area contributed by atoms with Crippen LogP contribution in [0.2, 0.25) is 0 Å². The molecule has 0 saturated heterocycles. The Morgan fingerprint density at radius 1 is 0.365 bits per heavy atom. The van der Waals surface area contributed by atoms with Gasteiger partial charge < -0.3 is 52.1 Å². The van der Waals surface area contributed by atoms with Gasteiger partial charge in [0.25, 0.3) is 0 Å². The summed E-state index contributed by atoms with van der Waals surface area (Å²) in [6, 6.07) is 16.7. The van der Waals surface area contributed by atoms with E-state index in [1.54, 1.807) is 66.7 Å². The third-order valence-electron chi connectivity index (χ3n) is 9.04. The molecule has 0 aliphatic rings. The zero-order valence-electron chi connectivity index (χ0n) is 41.2. The highest BCUT2D eigenvalue weighted by molar-refractivity contribution is 5.99. The van der Waals surface area contributed by atoms with E-state index in [0.29, 0.717) is 33.4 Å². The van der Waals surface area contributed by atoms with E-state index in [2.05, 4.69) is 39.5 Å². The number of ether oxygens (including phenoxy) is 11. The molecule has 0 radical (unpaired) electrons. The first-order valence-corrected chi connectivity index (χ1v) is 23.0. The first-order chi connectivity index (χ1) is 36.4. The third-order valence-corrected chi connectivity index (χ3v) is 9.04. The van der Waals surface area contributed by atoms with Crippen molar-refractivity contribution in [1.29, 1.82) is 0 Å². The van der Waals surface area contributed by atoms with E-state index in [9.17, 15) is 9.59 Å². The number of esters is 2. The second-order valence-corrected chi connectivity index (χ2v) is 14.1. The molecule has 0 heterocycles. The molecule has 0 N–H and O–H groups in total. The predicted molar refractivity (Wildman–Crippen MR) is 274 cm³/mol. The van der Waals surface area contributed by atoms with Crippen LogP contribution < -0.4 is 37.9 Å². The molecule has 4 aromatic rings. The normalized spacial score (nSPS) is 10.8. The Hall–Kier alpha value is -8.04. The van der Waals surface area contributed by atoms with Crippen molar-refractivity contribution in [2.45, 2.75) is 0 Å². The van der Waals surface area contributed by atoms with Crippen molar-refractivity contribution >= 4 is 34.9 Å². The zero-order valence-corrected chi connectivity index (χ0v) is 41.2. The number of hydrogen-bond acceptors (Lipinski definition) is 19. The standard InChI is InChI=1S/C55H62O19/c1-7-27-67-70-39-36-62-49-24-20-42(52(63-34-31-59-11-5)55(49)66-38-41-72-69-29-9-3)21-25-50(56)73-46-17-13-16-45-44(46)15-14-18-47(45)74-51(57)26-22-43-19-23-48(61-33-30-58-10-4)54(65-35-32-60-12-6)53(43)64-37-40-71-68-28-8-2/h7-26H,1-6,27-41H2/b25-21+,26-22+. The molecule has 0 aliphatic carbocycles. The highest BCUT2D eigenvalue weighted by Gasteiger charge is 2.20. The zero-order chi connectivity index (χ0) is 52.9. The second kappa shape index (κ2) is 36.0. The van der Waals surface area contributed by atoms with Crippen molar-refractivity contribution < 1.29 is 91.0 Å². The number of hydrogen-bond donors (Lipinski definition) is 0. The monoisotopic (exact) mass is 1030 g/mol. The first-order valence-electron chi connectivity index (χ1n) is 23.0. The maximum absolute atomic E-state index is 13.5. The van der Waals surface area contributed by atoms with Crippen molar-refractivity contribution in [3.8, 4) is 46.0 Å². The summed E-state index contributed by atoms with van der Waals surface area (Å²) in [5.41, 5.74) is 0.868. The van der Waals surface area contributed by atoms with Crippen LogP contribution in [0.3, 0.4) is 0 Å². The van der Waals surface area contributed by atoms with Crippen molar-refractivity contribution in [2.75, 3.05) is 99.1 Å². The Labute approximate surface area is 430 Å². The molecule has 396 valence electrons. The summed E-state index contributed by atoms with van der Waals surface area (Å²) in [7, 11) is 0. The molecular weight excluding hydrogens is 965 g/mol. The van der Waals surface area contributed by atoms with Crippen LogP contribution in [0.25, 0.3) is 22.9 Å². The number of benzene rings is 4. The largest absolute Gasteiger partial charge is 0.498 e. The third kappa shape index (κ3) is 21.0. The molecule has 0 saturated carbocycles. The molecule has 74 heavy (non-hydrogen) atoms. The number of carbonyl (C=O) groups is 2. The maximum atomic E-state index is 13.5. The molecular formula is C55H62O19. The van der Waals surface area contributed by atoms with Gasteiger partial charge in [0, 0.05) is 34.1 Å². The summed E-state index contributed by atoms with van der Waals surface area (Å²) >= 11 is 0. The average molecular weight is 1030 g/mol. The van der Waals surface area contributed by atoms with E-state index < -0.39 is 11.9 Å². The molecule has 4 rings (SSSR count). The second-order valence-electron chi connectivity index (χ2n) is 14.1. The van der Waals surface area contributed by atoms with Gasteiger partial charge in [-0.05, 0) is 48.6 Å². The minimum absolute atomic E-state index is 0.0247. The lowest BCUT2D eigenvalue weighted by atomic mass is 10.1. The van der Waals surface area contributed by atoms with Crippen LogP contribution in [0.1, 0.15) is 11.1 Å². The van der Waals surface area contributed by atoms with Gasteiger partial charge in [0.2, 0.25) is 11.5 Å². The average Bonchev–Trinajstić information content (AvgIpc) is 3.41. The van der Waals surface area contributed by atoms with Crippen LogP contribution in [-0.4, -0.2) is 111 Å². The van der Waals surface area contributed by atoms with Gasteiger partial charge in [-0.15, -0.1) is 19.7 Å². The highest BCUT2D eigenvalue weighted by atomic mass is 17.2. The lowest BCUT2D eigenvalue weighted by Gasteiger charge is -2.19. The molecule has 0 aliphatic heterocycles. The Kier molecular flexibility index (Phi) is 28.4. The van der Waals surface area contributed by atoms with Crippen molar-refractivity contribution in [1.82, 2.24) is 0 Å². The van der Waals surface area contributed by atoms with Gasteiger partial charge in [-0.2, -0.15) is 0 Å². The molecule has 4 aromatic carbocycles. The minimum Gasteiger partial charge on any atom is -0.498 e. The summed E-state index contributed by atoms with van der Waals surface area (Å²) in [6.45, 7) is 23.2. The molecule has 0 bridgehead atoms. The van der Waals surface area contributed by atoms with E-state index >= 15 is 0 Å². The Morgan fingerprint density at radius 3 is 1.09 bits per heavy atom. The topological polar surface area (TPSA) is 191 Å². The fourth-order valence-electron chi connectivity index (χ4n) is 6.05. The molecule has 0 fully saturated rings. The Bertz CT molecular complexity index is 2460. The van der Waals surface area contributed by atoms with E-state index in [1.807, 2.05) is 0 Å². The first kappa shape index (κ1) is 58.5. The minimum atomic E-state index is -0.733. The molecule has 19 nitrogen and oxygen atoms in total. The van der Waals surface area contributed by atoms with Gasteiger partial charge in [-0.3, -0.25) is 0 Å². The molecule has 0 amide bonds. The quantitative estimate of drug-likeness (QED) is 0.00596. The molecule has 19 heteroatoms. The smallest absolute Gasteiger partial charge is 0.336 e. The highest BCUT2D eigenvalue weighted by Crippen LogP contribution is 2.43. The number of fused-ring (bicyclic) bond motifs is 1. The summed E-state index contributed by atoms with van der Waals surface area (Å²) in [4.78, 5) is 57.5. The fraction of sp³-hybridized carbons (Fsp3) is 0.273. The van der Waals surface area contributed by atoms with E-state index in [-0.39, 0.29) is 134 Å². The molecule has 0 unspecified atom stereocenters. The van der Waals surface area contributed by atoms with Gasteiger partial charge in [0.1, 0.15) is 111 Å². The van der Waals surface area contributed by atoms with Crippen molar-refractivity contribution in [3.63, 3.8) is 0 Å². The van der Waals surface area contributed by atoms with Crippen LogP contribution in [-0.2, 0) is 53.1 Å². The number of rotatable bonds is 42. The maximum Gasteiger partial charge on any atom is 0.336 e. The SMILES string of the molecule is C=CCOOCCOc1ccc(/C=C/C(=O)Oc2cccc3c(OC(=O)/C=C/c4ccc(OCCOC=C)c(OCCOC=C)c4OCCOOCC=C)cccc23)c(OCCOC=C)c1OCCOOCC=C. The number of carbonyl (C=O) groups excluding carboxylic acids is 2. The van der Waals surface area contributed by atoms with Gasteiger partial charge in [0.15, 0.2) is 23.0 Å².